The van der Waals surface area contributed by atoms with Gasteiger partial charge in [-0.15, -0.1) is 0 Å². The van der Waals surface area contributed by atoms with Crippen molar-refractivity contribution in [2.75, 3.05) is 55.6 Å². The van der Waals surface area contributed by atoms with Crippen molar-refractivity contribution in [1.82, 2.24) is 29.2 Å². The fraction of sp³-hybridized carbons (Fsp3) is 0.306. The molecule has 2 aromatic heterocycles. The van der Waals surface area contributed by atoms with Crippen molar-refractivity contribution < 1.29 is 32.7 Å². The van der Waals surface area contributed by atoms with Crippen LogP contribution in [0.2, 0.25) is 0 Å². The molecule has 13 nitrogen and oxygen atoms in total. The van der Waals surface area contributed by atoms with Gasteiger partial charge in [-0.05, 0) is 48.5 Å². The van der Waals surface area contributed by atoms with Gasteiger partial charge in [0.1, 0.15) is 5.69 Å². The number of likely N-dealkylation sites (N-methyl/N-ethyl adjacent to an activating group) is 1. The zero-order chi connectivity index (χ0) is 37.2. The number of benzene rings is 2. The number of fused-ring (bicyclic) bond motifs is 1. The van der Waals surface area contributed by atoms with Crippen molar-refractivity contribution in [2.45, 2.75) is 26.1 Å². The highest BCUT2D eigenvalue weighted by atomic mass is 19.4. The third-order valence-corrected chi connectivity index (χ3v) is 9.13. The second kappa shape index (κ2) is 14.7. The number of nitrogen functional groups attached to an aromatic ring is 1. The molecule has 0 saturated carbocycles. The number of piperazine rings is 1. The van der Waals surface area contributed by atoms with Crippen LogP contribution in [0.15, 0.2) is 54.7 Å². The summed E-state index contributed by atoms with van der Waals surface area (Å²) in [6, 6.07) is 11.2. The summed E-state index contributed by atoms with van der Waals surface area (Å²) in [5, 5.41) is 14.5. The van der Waals surface area contributed by atoms with Gasteiger partial charge in [-0.3, -0.25) is 9.69 Å². The first kappa shape index (κ1) is 35.9. The third-order valence-electron chi connectivity index (χ3n) is 9.13. The molecule has 2 aliphatic heterocycles. The zero-order valence-electron chi connectivity index (χ0n) is 28.4. The number of nitrogens with two attached hydrogens (primary N) is 1. The average molecular weight is 716 g/mol. The number of halogens is 3. The predicted octanol–water partition coefficient (Wildman–Crippen LogP) is 4.94. The third kappa shape index (κ3) is 7.85. The van der Waals surface area contributed by atoms with Crippen LogP contribution in [0, 0.1) is 11.8 Å². The van der Waals surface area contributed by atoms with Crippen LogP contribution < -0.4 is 16.4 Å². The number of nitrogens with one attached hydrogen (secondary N) is 2. The summed E-state index contributed by atoms with van der Waals surface area (Å²) >= 11 is 0. The fourth-order valence-corrected chi connectivity index (χ4v) is 6.36. The summed E-state index contributed by atoms with van der Waals surface area (Å²) in [7, 11) is 1.74. The molecule has 0 spiro atoms. The normalized spacial score (nSPS) is 15.1. The minimum absolute atomic E-state index is 0.00377. The molecule has 270 valence electrons. The first-order chi connectivity index (χ1) is 24.8. The highest BCUT2D eigenvalue weighted by Crippen LogP contribution is 2.35. The minimum Gasteiger partial charge on any atom is -0.465 e. The molecule has 5 N–H and O–H groups in total. The smallest absolute Gasteiger partial charge is 0.416 e. The molecule has 0 bridgehead atoms. The SMILES string of the molecule is CCN1CCN(Cc2ccc(NC(=O)Nc3cccc(C#Cc4cnc(N)nc4-c4cc5c(n4C)CCN(C(=O)O)C5=O)c3)cc2C(F)(F)F)CC1. The number of nitrogens with zero attached hydrogens (tertiary/aromatic N) is 6. The van der Waals surface area contributed by atoms with E-state index in [1.54, 1.807) is 41.9 Å². The van der Waals surface area contributed by atoms with Crippen LogP contribution >= 0.6 is 0 Å². The van der Waals surface area contributed by atoms with Gasteiger partial charge in [-0.2, -0.15) is 13.2 Å². The molecular weight excluding hydrogens is 679 g/mol. The molecular formula is C36H36F3N9O4. The molecule has 0 aliphatic carbocycles. The van der Waals surface area contributed by atoms with Crippen LogP contribution in [0.3, 0.4) is 0 Å². The highest BCUT2D eigenvalue weighted by Gasteiger charge is 2.35. The second-order valence-corrected chi connectivity index (χ2v) is 12.4. The van der Waals surface area contributed by atoms with E-state index in [1.165, 1.54) is 18.3 Å². The van der Waals surface area contributed by atoms with E-state index in [1.807, 2.05) is 4.90 Å². The maximum atomic E-state index is 14.1. The van der Waals surface area contributed by atoms with Crippen molar-refractivity contribution in [1.29, 1.82) is 0 Å². The van der Waals surface area contributed by atoms with Gasteiger partial charge in [-0.25, -0.2) is 24.5 Å². The summed E-state index contributed by atoms with van der Waals surface area (Å²) in [4.78, 5) is 50.7. The summed E-state index contributed by atoms with van der Waals surface area (Å²) < 4.78 is 44.0. The molecule has 4 aromatic rings. The van der Waals surface area contributed by atoms with E-state index in [0.29, 0.717) is 53.4 Å². The number of carboxylic acid groups (broad SMARTS) is 1. The molecule has 0 unspecified atom stereocenters. The summed E-state index contributed by atoms with van der Waals surface area (Å²) in [5.74, 6) is 5.35. The van der Waals surface area contributed by atoms with Gasteiger partial charge in [0.15, 0.2) is 0 Å². The Hall–Kier alpha value is -5.92. The Kier molecular flexibility index (Phi) is 10.2. The molecule has 4 heterocycles. The van der Waals surface area contributed by atoms with Gasteiger partial charge in [0.05, 0.1) is 22.4 Å². The van der Waals surface area contributed by atoms with Crippen molar-refractivity contribution >= 4 is 35.4 Å². The van der Waals surface area contributed by atoms with Crippen LogP contribution in [0.4, 0.5) is 40.1 Å². The largest absolute Gasteiger partial charge is 0.465 e. The minimum atomic E-state index is -4.60. The number of hydrogen-bond acceptors (Lipinski definition) is 8. The molecule has 0 atom stereocenters. The monoisotopic (exact) mass is 715 g/mol. The van der Waals surface area contributed by atoms with E-state index in [-0.39, 0.29) is 35.9 Å². The Morgan fingerprint density at radius 3 is 2.38 bits per heavy atom. The Morgan fingerprint density at radius 1 is 0.981 bits per heavy atom. The molecule has 16 heteroatoms. The number of urea groups is 1. The van der Waals surface area contributed by atoms with E-state index in [0.717, 1.165) is 30.6 Å². The first-order valence-electron chi connectivity index (χ1n) is 16.5. The Morgan fingerprint density at radius 2 is 1.69 bits per heavy atom. The van der Waals surface area contributed by atoms with Gasteiger partial charge in [-0.1, -0.05) is 30.9 Å². The number of carbonyl (C=O) groups excluding carboxylic acids is 2. The van der Waals surface area contributed by atoms with E-state index in [4.69, 9.17) is 5.73 Å². The molecule has 4 amide bonds. The average Bonchev–Trinajstić information content (AvgIpc) is 3.45. The lowest BCUT2D eigenvalue weighted by atomic mass is 10.0. The maximum Gasteiger partial charge on any atom is 0.416 e. The molecule has 6 rings (SSSR count). The van der Waals surface area contributed by atoms with Crippen LogP contribution in [0.1, 0.15) is 45.2 Å². The molecule has 1 fully saturated rings. The molecule has 1 saturated heterocycles. The lowest BCUT2D eigenvalue weighted by molar-refractivity contribution is -0.138. The van der Waals surface area contributed by atoms with E-state index in [2.05, 4.69) is 44.3 Å². The topological polar surface area (TPSA) is 162 Å². The number of hydrogen-bond donors (Lipinski definition) is 4. The van der Waals surface area contributed by atoms with Crippen molar-refractivity contribution in [3.63, 3.8) is 0 Å². The number of alkyl halides is 3. The lowest BCUT2D eigenvalue weighted by Gasteiger charge is -2.34. The number of rotatable bonds is 6. The number of amides is 4. The summed E-state index contributed by atoms with van der Waals surface area (Å²) in [5.41, 5.74) is 8.17. The number of aromatic nitrogens is 3. The Labute approximate surface area is 297 Å². The maximum absolute atomic E-state index is 14.1. The Balaban J connectivity index is 1.17. The first-order valence-corrected chi connectivity index (χ1v) is 16.5. The molecule has 52 heavy (non-hydrogen) atoms. The fourth-order valence-electron chi connectivity index (χ4n) is 6.36. The lowest BCUT2D eigenvalue weighted by Crippen LogP contribution is -2.45. The van der Waals surface area contributed by atoms with Gasteiger partial charge >= 0.3 is 18.3 Å². The predicted molar refractivity (Wildman–Crippen MR) is 188 cm³/mol. The quantitative estimate of drug-likeness (QED) is 0.203. The van der Waals surface area contributed by atoms with Crippen LogP contribution in [-0.4, -0.2) is 91.6 Å². The second-order valence-electron chi connectivity index (χ2n) is 12.4. The van der Waals surface area contributed by atoms with Gasteiger partial charge < -0.3 is 30.9 Å². The zero-order valence-corrected chi connectivity index (χ0v) is 28.4. The number of carbonyl (C=O) groups is 3. The van der Waals surface area contributed by atoms with Crippen molar-refractivity contribution in [3.8, 4) is 23.2 Å². The number of anilines is 3. The van der Waals surface area contributed by atoms with Gasteiger partial charge in [0.25, 0.3) is 5.91 Å². The standard InChI is InChI=1S/C36H36F3N9O4/c1-3-46-13-15-47(16-14-46)21-24-9-10-26(18-28(24)36(37,38)39)43-34(50)42-25-6-4-5-22(17-25)7-8-23-20-41-33(40)44-31(23)30-19-27-29(45(30)2)11-12-48(32(27)49)35(51)52/h4-6,9-10,17-20H,3,11-16,21H2,1-2H3,(H,51,52)(H2,40,41,44)(H2,42,43,50). The molecule has 2 aliphatic rings. The molecule has 2 aromatic carbocycles. The van der Waals surface area contributed by atoms with Crippen LogP contribution in [0.25, 0.3) is 11.4 Å². The van der Waals surface area contributed by atoms with Crippen molar-refractivity contribution in [3.05, 3.63) is 88.2 Å². The Bertz CT molecular complexity index is 2100. The van der Waals surface area contributed by atoms with Gasteiger partial charge in [0.2, 0.25) is 5.95 Å². The summed E-state index contributed by atoms with van der Waals surface area (Å²) in [6.45, 7) is 6.11. The summed E-state index contributed by atoms with van der Waals surface area (Å²) in [6.07, 6.45) is -4.17. The highest BCUT2D eigenvalue weighted by molar-refractivity contribution is 6.05. The van der Waals surface area contributed by atoms with Crippen LogP contribution in [0.5, 0.6) is 0 Å². The van der Waals surface area contributed by atoms with Crippen molar-refractivity contribution in [2.24, 2.45) is 7.05 Å². The van der Waals surface area contributed by atoms with E-state index in [9.17, 15) is 32.7 Å². The van der Waals surface area contributed by atoms with Crippen LogP contribution in [-0.2, 0) is 26.2 Å². The number of imide groups is 1. The van der Waals surface area contributed by atoms with E-state index >= 15 is 0 Å². The van der Waals surface area contributed by atoms with E-state index < -0.39 is 29.8 Å². The van der Waals surface area contributed by atoms with Gasteiger partial charge in [0, 0.05) is 81.6 Å². The molecule has 0 radical (unpaired) electrons.